The Hall–Kier alpha value is -3.14. The molecule has 1 aromatic heterocycles. The van der Waals surface area contributed by atoms with Gasteiger partial charge < -0.3 is 25.6 Å². The molecule has 1 aromatic carbocycles. The van der Waals surface area contributed by atoms with E-state index < -0.39 is 5.91 Å². The van der Waals surface area contributed by atoms with Crippen LogP contribution in [-0.2, 0) is 11.3 Å². The van der Waals surface area contributed by atoms with Crippen molar-refractivity contribution in [3.05, 3.63) is 46.5 Å². The Balaban J connectivity index is 1.59. The fourth-order valence-electron chi connectivity index (χ4n) is 2.93. The molecule has 2 aromatic rings. The summed E-state index contributed by atoms with van der Waals surface area (Å²) in [6, 6.07) is 9.47. The van der Waals surface area contributed by atoms with E-state index in [2.05, 4.69) is 9.69 Å². The third kappa shape index (κ3) is 4.83. The minimum atomic E-state index is -0.422. The zero-order valence-electron chi connectivity index (χ0n) is 16.1. The van der Waals surface area contributed by atoms with Crippen LogP contribution in [0.5, 0.6) is 0 Å². The predicted octanol–water partition coefficient (Wildman–Crippen LogP) is 1.57. The summed E-state index contributed by atoms with van der Waals surface area (Å²) in [6.45, 7) is 3.90. The average Bonchev–Trinajstić information content (AvgIpc) is 3.14. The van der Waals surface area contributed by atoms with Crippen molar-refractivity contribution in [2.24, 2.45) is 0 Å². The van der Waals surface area contributed by atoms with Crippen molar-refractivity contribution in [2.45, 2.75) is 13.5 Å². The van der Waals surface area contributed by atoms with Gasteiger partial charge >= 0.3 is 6.09 Å². The van der Waals surface area contributed by atoms with Gasteiger partial charge in [0.25, 0.3) is 11.8 Å². The summed E-state index contributed by atoms with van der Waals surface area (Å²) >= 11 is 0.911. The molecule has 0 unspecified atom stereocenters. The Morgan fingerprint density at radius 1 is 1.14 bits per heavy atom. The highest BCUT2D eigenvalue weighted by Gasteiger charge is 2.29. The Morgan fingerprint density at radius 2 is 1.79 bits per heavy atom. The van der Waals surface area contributed by atoms with Gasteiger partial charge in [-0.05, 0) is 24.0 Å². The molecular formula is C19H23N5O4S. The van der Waals surface area contributed by atoms with Crippen LogP contribution in [0, 0.1) is 0 Å². The third-order valence-corrected chi connectivity index (χ3v) is 5.38. The minimum Gasteiger partial charge on any atom is -0.450 e. The molecule has 3 amide bonds. The molecule has 0 aliphatic carbocycles. The summed E-state index contributed by atoms with van der Waals surface area (Å²) in [4.78, 5) is 40.4. The zero-order chi connectivity index (χ0) is 20.8. The normalized spacial score (nSPS) is 13.8. The quantitative estimate of drug-likeness (QED) is 0.762. The molecule has 1 saturated heterocycles. The largest absolute Gasteiger partial charge is 0.450 e. The molecule has 3 N–H and O–H groups in total. The maximum Gasteiger partial charge on any atom is 0.409 e. The Labute approximate surface area is 172 Å². The van der Waals surface area contributed by atoms with Gasteiger partial charge in [0, 0.05) is 32.7 Å². The van der Waals surface area contributed by atoms with Gasteiger partial charge in [0.2, 0.25) is 0 Å². The first-order valence-corrected chi connectivity index (χ1v) is 10.1. The molecule has 3 rings (SSSR count). The van der Waals surface area contributed by atoms with Gasteiger partial charge in [-0.25, -0.2) is 4.79 Å². The van der Waals surface area contributed by atoms with Crippen LogP contribution in [0.2, 0.25) is 0 Å². The van der Waals surface area contributed by atoms with Gasteiger partial charge in [0.1, 0.15) is 4.88 Å². The van der Waals surface area contributed by atoms with E-state index in [1.807, 2.05) is 30.3 Å². The SMILES string of the molecule is CCOC(=O)N1CCN(C(=O)c2snc(C(=O)NCc3ccccc3)c2N)CC1. The molecule has 1 fully saturated rings. The maximum absolute atomic E-state index is 12.8. The molecule has 9 nitrogen and oxygen atoms in total. The lowest BCUT2D eigenvalue weighted by molar-refractivity contribution is 0.0575. The van der Waals surface area contributed by atoms with Crippen molar-refractivity contribution in [1.82, 2.24) is 19.5 Å². The average molecular weight is 417 g/mol. The highest BCUT2D eigenvalue weighted by Crippen LogP contribution is 2.24. The van der Waals surface area contributed by atoms with E-state index in [9.17, 15) is 14.4 Å². The first-order chi connectivity index (χ1) is 14.0. The topological polar surface area (TPSA) is 118 Å². The smallest absolute Gasteiger partial charge is 0.409 e. The van der Waals surface area contributed by atoms with Gasteiger partial charge in [-0.15, -0.1) is 0 Å². The molecule has 0 spiro atoms. The number of benzene rings is 1. The molecule has 0 saturated carbocycles. The standard InChI is InChI=1S/C19H23N5O4S/c1-2-28-19(27)24-10-8-23(9-11-24)18(26)16-14(20)15(22-29-16)17(25)21-12-13-6-4-3-5-7-13/h3-7H,2,8-12,20H2,1H3,(H,21,25). The number of ether oxygens (including phenoxy) is 1. The van der Waals surface area contributed by atoms with Crippen molar-refractivity contribution in [1.29, 1.82) is 0 Å². The number of nitrogens with zero attached hydrogens (tertiary/aromatic N) is 3. The van der Waals surface area contributed by atoms with E-state index in [1.165, 1.54) is 0 Å². The van der Waals surface area contributed by atoms with Crippen LogP contribution in [0.3, 0.4) is 0 Å². The van der Waals surface area contributed by atoms with Gasteiger partial charge in [0.05, 0.1) is 12.3 Å². The summed E-state index contributed by atoms with van der Waals surface area (Å²) in [5.41, 5.74) is 7.14. The molecular weight excluding hydrogens is 394 g/mol. The fourth-order valence-corrected chi connectivity index (χ4v) is 3.69. The number of nitrogen functional groups attached to an aromatic ring is 1. The Kier molecular flexibility index (Phi) is 6.65. The number of hydrogen-bond donors (Lipinski definition) is 2. The summed E-state index contributed by atoms with van der Waals surface area (Å²) in [5.74, 6) is -0.709. The van der Waals surface area contributed by atoms with Crippen LogP contribution in [0.4, 0.5) is 10.5 Å². The number of nitrogens with one attached hydrogen (secondary N) is 1. The Bertz CT molecular complexity index is 878. The lowest BCUT2D eigenvalue weighted by Crippen LogP contribution is -2.50. The van der Waals surface area contributed by atoms with Gasteiger partial charge in [-0.2, -0.15) is 4.37 Å². The predicted molar refractivity (Wildman–Crippen MR) is 109 cm³/mol. The van der Waals surface area contributed by atoms with E-state index in [0.29, 0.717) is 39.3 Å². The second-order valence-electron chi connectivity index (χ2n) is 6.42. The van der Waals surface area contributed by atoms with E-state index in [-0.39, 0.29) is 28.3 Å². The maximum atomic E-state index is 12.8. The summed E-state index contributed by atoms with van der Waals surface area (Å²) < 4.78 is 9.06. The Morgan fingerprint density at radius 3 is 2.45 bits per heavy atom. The van der Waals surface area contributed by atoms with Crippen LogP contribution in [0.1, 0.15) is 32.6 Å². The van der Waals surface area contributed by atoms with Gasteiger partial charge in [0.15, 0.2) is 5.69 Å². The van der Waals surface area contributed by atoms with Crippen LogP contribution in [-0.4, -0.2) is 64.9 Å². The summed E-state index contributed by atoms with van der Waals surface area (Å²) in [5, 5.41) is 2.76. The van der Waals surface area contributed by atoms with E-state index >= 15 is 0 Å². The lowest BCUT2D eigenvalue weighted by atomic mass is 10.2. The lowest BCUT2D eigenvalue weighted by Gasteiger charge is -2.33. The highest BCUT2D eigenvalue weighted by molar-refractivity contribution is 7.09. The van der Waals surface area contributed by atoms with Crippen molar-refractivity contribution in [2.75, 3.05) is 38.5 Å². The molecule has 1 aliphatic heterocycles. The van der Waals surface area contributed by atoms with Crippen LogP contribution in [0.25, 0.3) is 0 Å². The van der Waals surface area contributed by atoms with Crippen LogP contribution < -0.4 is 11.1 Å². The van der Waals surface area contributed by atoms with Crippen LogP contribution >= 0.6 is 11.5 Å². The van der Waals surface area contributed by atoms with E-state index in [0.717, 1.165) is 17.1 Å². The van der Waals surface area contributed by atoms with E-state index in [1.54, 1.807) is 16.7 Å². The molecule has 29 heavy (non-hydrogen) atoms. The van der Waals surface area contributed by atoms with E-state index in [4.69, 9.17) is 10.5 Å². The number of anilines is 1. The van der Waals surface area contributed by atoms with Crippen molar-refractivity contribution in [3.63, 3.8) is 0 Å². The minimum absolute atomic E-state index is 0.0550. The molecule has 0 atom stereocenters. The van der Waals surface area contributed by atoms with Crippen LogP contribution in [0.15, 0.2) is 30.3 Å². The number of carbonyl (C=O) groups excluding carboxylic acids is 3. The molecule has 154 valence electrons. The third-order valence-electron chi connectivity index (χ3n) is 4.53. The second-order valence-corrected chi connectivity index (χ2v) is 7.19. The number of rotatable bonds is 5. The first-order valence-electron chi connectivity index (χ1n) is 9.29. The number of aromatic nitrogens is 1. The van der Waals surface area contributed by atoms with Gasteiger partial charge in [-0.3, -0.25) is 9.59 Å². The number of carbonyl (C=O) groups is 3. The van der Waals surface area contributed by atoms with Crippen molar-refractivity contribution < 1.29 is 19.1 Å². The summed E-state index contributed by atoms with van der Waals surface area (Å²) in [7, 11) is 0. The number of piperazine rings is 1. The second kappa shape index (κ2) is 9.37. The number of amides is 3. The monoisotopic (exact) mass is 417 g/mol. The molecule has 0 bridgehead atoms. The van der Waals surface area contributed by atoms with Gasteiger partial charge in [-0.1, -0.05) is 30.3 Å². The fraction of sp³-hybridized carbons (Fsp3) is 0.368. The van der Waals surface area contributed by atoms with Crippen molar-refractivity contribution in [3.8, 4) is 0 Å². The summed E-state index contributed by atoms with van der Waals surface area (Å²) in [6.07, 6.45) is -0.380. The molecule has 10 heteroatoms. The number of hydrogen-bond acceptors (Lipinski definition) is 7. The highest BCUT2D eigenvalue weighted by atomic mass is 32.1. The molecule has 2 heterocycles. The molecule has 0 radical (unpaired) electrons. The number of nitrogens with two attached hydrogens (primary N) is 1. The molecule has 1 aliphatic rings. The van der Waals surface area contributed by atoms with Crippen molar-refractivity contribution >= 4 is 35.1 Å². The zero-order valence-corrected chi connectivity index (χ0v) is 16.9. The first kappa shape index (κ1) is 20.6.